The second kappa shape index (κ2) is 9.71. The van der Waals surface area contributed by atoms with E-state index in [9.17, 15) is 10.2 Å². The Hall–Kier alpha value is -3.25. The van der Waals surface area contributed by atoms with Crippen molar-refractivity contribution in [2.24, 2.45) is 0 Å². The normalized spacial score (nSPS) is 11.0. The van der Waals surface area contributed by atoms with Crippen molar-refractivity contribution >= 4 is 11.3 Å². The Morgan fingerprint density at radius 3 is 1.87 bits per heavy atom. The van der Waals surface area contributed by atoms with Crippen molar-refractivity contribution in [3.63, 3.8) is 0 Å². The molecule has 158 valence electrons. The van der Waals surface area contributed by atoms with E-state index in [4.69, 9.17) is 9.97 Å². The number of unbranched alkanes of at least 4 members (excludes halogenated alkanes) is 3. The molecular weight excluding hydrogens is 406 g/mol. The number of nitrogens with zero attached hydrogens (tertiary/aromatic N) is 3. The number of phenols is 2. The molecule has 0 radical (unpaired) electrons. The molecule has 0 aliphatic heterocycles. The van der Waals surface area contributed by atoms with Crippen molar-refractivity contribution in [2.75, 3.05) is 0 Å². The third-order valence-electron chi connectivity index (χ3n) is 5.17. The van der Waals surface area contributed by atoms with Crippen molar-refractivity contribution in [3.8, 4) is 45.0 Å². The predicted molar refractivity (Wildman–Crippen MR) is 125 cm³/mol. The van der Waals surface area contributed by atoms with Crippen molar-refractivity contribution in [2.45, 2.75) is 39.0 Å². The highest BCUT2D eigenvalue weighted by molar-refractivity contribution is 7.13. The van der Waals surface area contributed by atoms with Gasteiger partial charge in [0.25, 0.3) is 0 Å². The first-order valence-electron chi connectivity index (χ1n) is 10.6. The highest BCUT2D eigenvalue weighted by Gasteiger charge is 2.18. The molecule has 0 saturated carbocycles. The molecule has 4 rings (SSSR count). The molecule has 2 aromatic heterocycles. The minimum absolute atomic E-state index is 0.105. The van der Waals surface area contributed by atoms with Gasteiger partial charge in [-0.25, -0.2) is 15.0 Å². The molecule has 2 heterocycles. The number of benzene rings is 2. The Kier molecular flexibility index (Phi) is 6.57. The fourth-order valence-electron chi connectivity index (χ4n) is 3.51. The predicted octanol–water partition coefficient (Wildman–Crippen LogP) is 6.47. The zero-order chi connectivity index (χ0) is 21.6. The average Bonchev–Trinajstić information content (AvgIpc) is 3.26. The largest absolute Gasteiger partial charge is 0.507 e. The van der Waals surface area contributed by atoms with Gasteiger partial charge in [-0.3, -0.25) is 0 Å². The molecule has 4 aromatic rings. The van der Waals surface area contributed by atoms with Crippen LogP contribution in [0.3, 0.4) is 0 Å². The number of phenolic OH excluding ortho intramolecular Hbond substituents is 2. The molecule has 0 bridgehead atoms. The summed E-state index contributed by atoms with van der Waals surface area (Å²) >= 11 is 1.60. The zero-order valence-electron chi connectivity index (χ0n) is 17.5. The van der Waals surface area contributed by atoms with Crippen molar-refractivity contribution in [1.82, 2.24) is 15.0 Å². The highest BCUT2D eigenvalue weighted by Crippen LogP contribution is 2.34. The number of aromatic nitrogens is 3. The summed E-state index contributed by atoms with van der Waals surface area (Å²) in [6.07, 6.45) is 5.75. The van der Waals surface area contributed by atoms with Gasteiger partial charge in [0.15, 0.2) is 17.5 Å². The molecule has 0 aliphatic carbocycles. The number of thiophene rings is 1. The third-order valence-corrected chi connectivity index (χ3v) is 6.13. The fourth-order valence-corrected chi connectivity index (χ4v) is 4.40. The highest BCUT2D eigenvalue weighted by atomic mass is 32.1. The number of hydrogen-bond acceptors (Lipinski definition) is 6. The summed E-state index contributed by atoms with van der Waals surface area (Å²) in [7, 11) is 0. The van der Waals surface area contributed by atoms with Gasteiger partial charge in [0.1, 0.15) is 11.5 Å². The summed E-state index contributed by atoms with van der Waals surface area (Å²) in [5.74, 6) is 1.54. The lowest BCUT2D eigenvalue weighted by atomic mass is 10.1. The van der Waals surface area contributed by atoms with Crippen LogP contribution in [0.5, 0.6) is 11.5 Å². The van der Waals surface area contributed by atoms with Crippen LogP contribution >= 0.6 is 11.3 Å². The Morgan fingerprint density at radius 1 is 0.710 bits per heavy atom. The number of para-hydroxylation sites is 2. The molecule has 0 amide bonds. The zero-order valence-corrected chi connectivity index (χ0v) is 18.3. The summed E-state index contributed by atoms with van der Waals surface area (Å²) in [5, 5.41) is 22.8. The van der Waals surface area contributed by atoms with Crippen LogP contribution in [0.2, 0.25) is 0 Å². The topological polar surface area (TPSA) is 79.1 Å². The molecular formula is C25H25N3O2S. The molecule has 31 heavy (non-hydrogen) atoms. The minimum Gasteiger partial charge on any atom is -0.507 e. The minimum atomic E-state index is 0.105. The first-order valence-corrected chi connectivity index (χ1v) is 11.4. The standard InChI is InChI=1S/C25H25N3O2S/c1-2-3-4-5-10-17-15-16-31-22(17)25-27-23(18-11-6-8-13-20(18)29)26-24(28-25)19-12-7-9-14-21(19)30/h6-9,11-16,29-30H,2-5,10H2,1H3. The molecule has 0 aliphatic rings. The van der Waals surface area contributed by atoms with E-state index in [0.29, 0.717) is 28.6 Å². The van der Waals surface area contributed by atoms with Crippen LogP contribution in [-0.2, 0) is 6.42 Å². The van der Waals surface area contributed by atoms with Gasteiger partial charge < -0.3 is 10.2 Å². The van der Waals surface area contributed by atoms with Crippen molar-refractivity contribution < 1.29 is 10.2 Å². The first kappa shape index (κ1) is 21.0. The lowest BCUT2D eigenvalue weighted by molar-refractivity contribution is 0.477. The Morgan fingerprint density at radius 2 is 1.29 bits per heavy atom. The lowest BCUT2D eigenvalue weighted by Crippen LogP contribution is -2.01. The molecule has 2 N–H and O–H groups in total. The molecule has 0 atom stereocenters. The van der Waals surface area contributed by atoms with Gasteiger partial charge in [-0.05, 0) is 54.1 Å². The molecule has 2 aromatic carbocycles. The van der Waals surface area contributed by atoms with E-state index >= 15 is 0 Å². The van der Waals surface area contributed by atoms with Crippen LogP contribution in [0.1, 0.15) is 38.2 Å². The van der Waals surface area contributed by atoms with Crippen LogP contribution in [0.4, 0.5) is 0 Å². The van der Waals surface area contributed by atoms with Gasteiger partial charge in [-0.2, -0.15) is 0 Å². The second-order valence-corrected chi connectivity index (χ2v) is 8.34. The summed E-state index contributed by atoms with van der Waals surface area (Å²) in [6.45, 7) is 2.21. The summed E-state index contributed by atoms with van der Waals surface area (Å²) < 4.78 is 0. The van der Waals surface area contributed by atoms with E-state index in [1.807, 2.05) is 12.1 Å². The molecule has 0 spiro atoms. The quantitative estimate of drug-likeness (QED) is 0.313. The molecule has 0 fully saturated rings. The monoisotopic (exact) mass is 431 g/mol. The fraction of sp³-hybridized carbons (Fsp3) is 0.240. The molecule has 0 unspecified atom stereocenters. The smallest absolute Gasteiger partial charge is 0.174 e. The number of rotatable bonds is 8. The number of aromatic hydroxyl groups is 2. The van der Waals surface area contributed by atoms with Gasteiger partial charge in [-0.15, -0.1) is 11.3 Å². The third kappa shape index (κ3) is 4.75. The second-order valence-electron chi connectivity index (χ2n) is 7.43. The summed E-state index contributed by atoms with van der Waals surface area (Å²) in [4.78, 5) is 15.0. The summed E-state index contributed by atoms with van der Waals surface area (Å²) in [5.41, 5.74) is 2.28. The van der Waals surface area contributed by atoms with E-state index in [1.165, 1.54) is 24.8 Å². The Bertz CT molecular complexity index is 1110. The number of aryl methyl sites for hydroxylation is 1. The van der Waals surface area contributed by atoms with Crippen LogP contribution < -0.4 is 0 Å². The van der Waals surface area contributed by atoms with E-state index in [1.54, 1.807) is 47.7 Å². The van der Waals surface area contributed by atoms with Crippen molar-refractivity contribution in [1.29, 1.82) is 0 Å². The number of hydrogen-bond donors (Lipinski definition) is 2. The van der Waals surface area contributed by atoms with Crippen LogP contribution in [0.15, 0.2) is 60.0 Å². The Balaban J connectivity index is 1.81. The van der Waals surface area contributed by atoms with Gasteiger partial charge in [-0.1, -0.05) is 50.5 Å². The van der Waals surface area contributed by atoms with E-state index < -0.39 is 0 Å². The van der Waals surface area contributed by atoms with E-state index in [2.05, 4.69) is 23.4 Å². The lowest BCUT2D eigenvalue weighted by Gasteiger charge is -2.10. The maximum absolute atomic E-state index is 10.4. The maximum atomic E-state index is 10.4. The maximum Gasteiger partial charge on any atom is 0.174 e. The summed E-state index contributed by atoms with van der Waals surface area (Å²) in [6, 6.07) is 16.1. The van der Waals surface area contributed by atoms with Crippen molar-refractivity contribution in [3.05, 3.63) is 65.5 Å². The van der Waals surface area contributed by atoms with Gasteiger partial charge in [0, 0.05) is 0 Å². The molecule has 6 heteroatoms. The molecule has 5 nitrogen and oxygen atoms in total. The molecule has 0 saturated heterocycles. The van der Waals surface area contributed by atoms with E-state index in [-0.39, 0.29) is 11.5 Å². The SMILES string of the molecule is CCCCCCc1ccsc1-c1nc(-c2ccccc2O)nc(-c2ccccc2O)n1. The van der Waals surface area contributed by atoms with Crippen LogP contribution in [-0.4, -0.2) is 25.2 Å². The Labute approximate surface area is 186 Å². The van der Waals surface area contributed by atoms with Crippen LogP contribution in [0, 0.1) is 0 Å². The van der Waals surface area contributed by atoms with Gasteiger partial charge in [0.05, 0.1) is 16.0 Å². The van der Waals surface area contributed by atoms with Gasteiger partial charge in [0.2, 0.25) is 0 Å². The first-order chi connectivity index (χ1) is 15.2. The van der Waals surface area contributed by atoms with E-state index in [0.717, 1.165) is 17.7 Å². The average molecular weight is 432 g/mol. The van der Waals surface area contributed by atoms with Crippen LogP contribution in [0.25, 0.3) is 33.5 Å². The van der Waals surface area contributed by atoms with Gasteiger partial charge >= 0.3 is 0 Å².